The molecule has 0 saturated heterocycles. The van der Waals surface area contributed by atoms with Crippen molar-refractivity contribution in [2.45, 2.75) is 39.2 Å². The van der Waals surface area contributed by atoms with E-state index in [-0.39, 0.29) is 0 Å². The number of benzene rings is 1. The molecule has 0 heterocycles. The maximum absolute atomic E-state index is 3.62. The van der Waals surface area contributed by atoms with E-state index in [0.717, 1.165) is 13.1 Å². The van der Waals surface area contributed by atoms with Gasteiger partial charge < -0.3 is 10.2 Å². The molecule has 1 saturated carbocycles. The normalized spacial score (nSPS) is 17.9. The Bertz CT molecular complexity index is 361. The molecule has 1 aliphatic carbocycles. The van der Waals surface area contributed by atoms with Crippen molar-refractivity contribution in [3.63, 3.8) is 0 Å². The van der Waals surface area contributed by atoms with Crippen LogP contribution in [-0.2, 0) is 6.54 Å². The van der Waals surface area contributed by atoms with Gasteiger partial charge in [-0.2, -0.15) is 0 Å². The Morgan fingerprint density at radius 1 is 1.11 bits per heavy atom. The summed E-state index contributed by atoms with van der Waals surface area (Å²) < 4.78 is 0. The third kappa shape index (κ3) is 3.49. The number of nitrogens with zero attached hydrogens (tertiary/aromatic N) is 1. The van der Waals surface area contributed by atoms with E-state index in [9.17, 15) is 0 Å². The first-order chi connectivity index (χ1) is 8.59. The van der Waals surface area contributed by atoms with E-state index in [2.05, 4.69) is 55.5 Å². The summed E-state index contributed by atoms with van der Waals surface area (Å²) in [4.78, 5) is 2.14. The molecule has 0 aliphatic heterocycles. The number of hydrogen-bond acceptors (Lipinski definition) is 2. The fourth-order valence-corrected chi connectivity index (χ4v) is 2.83. The third-order valence-corrected chi connectivity index (χ3v) is 4.14. The molecule has 0 aromatic heterocycles. The molecule has 0 spiro atoms. The van der Waals surface area contributed by atoms with E-state index in [0.29, 0.717) is 5.41 Å². The first kappa shape index (κ1) is 13.4. The van der Waals surface area contributed by atoms with Gasteiger partial charge in [0, 0.05) is 32.9 Å². The highest BCUT2D eigenvalue weighted by atomic mass is 15.1. The zero-order valence-electron chi connectivity index (χ0n) is 12.0. The van der Waals surface area contributed by atoms with Crippen LogP contribution in [0.3, 0.4) is 0 Å². The minimum Gasteiger partial charge on any atom is -0.378 e. The Labute approximate surface area is 111 Å². The van der Waals surface area contributed by atoms with Crippen LogP contribution in [0.5, 0.6) is 0 Å². The fraction of sp³-hybridized carbons (Fsp3) is 0.625. The van der Waals surface area contributed by atoms with Crippen molar-refractivity contribution in [1.29, 1.82) is 0 Å². The summed E-state index contributed by atoms with van der Waals surface area (Å²) in [5.41, 5.74) is 3.19. The lowest BCUT2D eigenvalue weighted by Gasteiger charge is -2.23. The largest absolute Gasteiger partial charge is 0.378 e. The number of anilines is 1. The highest BCUT2D eigenvalue weighted by molar-refractivity contribution is 5.45. The number of hydrogen-bond donors (Lipinski definition) is 1. The molecule has 1 fully saturated rings. The molecular formula is C16H26N2. The zero-order chi connectivity index (χ0) is 13.0. The van der Waals surface area contributed by atoms with Crippen molar-refractivity contribution in [3.05, 3.63) is 29.8 Å². The van der Waals surface area contributed by atoms with Crippen LogP contribution >= 0.6 is 0 Å². The van der Waals surface area contributed by atoms with Crippen molar-refractivity contribution in [2.75, 3.05) is 25.5 Å². The summed E-state index contributed by atoms with van der Waals surface area (Å²) >= 11 is 0. The van der Waals surface area contributed by atoms with Crippen LogP contribution in [0.25, 0.3) is 0 Å². The second-order valence-electron chi connectivity index (χ2n) is 6.18. The molecule has 0 unspecified atom stereocenters. The Kier molecular flexibility index (Phi) is 4.28. The van der Waals surface area contributed by atoms with Crippen LogP contribution in [0, 0.1) is 5.41 Å². The zero-order valence-corrected chi connectivity index (χ0v) is 12.0. The van der Waals surface area contributed by atoms with Crippen molar-refractivity contribution < 1.29 is 0 Å². The maximum atomic E-state index is 3.62. The SMILES string of the molecule is CN(C)c1ccc(CNCC2(C)CCCC2)cc1. The van der Waals surface area contributed by atoms with Gasteiger partial charge in [-0.3, -0.25) is 0 Å². The summed E-state index contributed by atoms with van der Waals surface area (Å²) in [6.07, 6.45) is 5.60. The van der Waals surface area contributed by atoms with Crippen LogP contribution in [0.2, 0.25) is 0 Å². The summed E-state index contributed by atoms with van der Waals surface area (Å²) in [5.74, 6) is 0. The molecule has 1 N–H and O–H groups in total. The molecule has 2 rings (SSSR count). The minimum absolute atomic E-state index is 0.545. The van der Waals surface area contributed by atoms with Gasteiger partial charge in [0.2, 0.25) is 0 Å². The fourth-order valence-electron chi connectivity index (χ4n) is 2.83. The molecular weight excluding hydrogens is 220 g/mol. The predicted octanol–water partition coefficient (Wildman–Crippen LogP) is 3.42. The summed E-state index contributed by atoms with van der Waals surface area (Å²) in [5, 5.41) is 3.62. The van der Waals surface area contributed by atoms with Gasteiger partial charge in [0.15, 0.2) is 0 Å². The topological polar surface area (TPSA) is 15.3 Å². The smallest absolute Gasteiger partial charge is 0.0361 e. The van der Waals surface area contributed by atoms with Crippen LogP contribution in [-0.4, -0.2) is 20.6 Å². The first-order valence-electron chi connectivity index (χ1n) is 7.06. The Hall–Kier alpha value is -1.02. The van der Waals surface area contributed by atoms with Crippen LogP contribution in [0.4, 0.5) is 5.69 Å². The molecule has 2 nitrogen and oxygen atoms in total. The van der Waals surface area contributed by atoms with Gasteiger partial charge in [0.05, 0.1) is 0 Å². The minimum atomic E-state index is 0.545. The lowest BCUT2D eigenvalue weighted by atomic mass is 9.89. The second-order valence-corrected chi connectivity index (χ2v) is 6.18. The average molecular weight is 246 g/mol. The molecule has 0 atom stereocenters. The van der Waals surface area contributed by atoms with Crippen molar-refractivity contribution in [3.8, 4) is 0 Å². The van der Waals surface area contributed by atoms with Gasteiger partial charge in [-0.1, -0.05) is 31.9 Å². The second kappa shape index (κ2) is 5.75. The molecule has 2 heteroatoms. The Morgan fingerprint density at radius 3 is 2.28 bits per heavy atom. The van der Waals surface area contributed by atoms with Crippen LogP contribution in [0.1, 0.15) is 38.2 Å². The summed E-state index contributed by atoms with van der Waals surface area (Å²) in [6, 6.07) is 8.82. The number of nitrogens with one attached hydrogen (secondary N) is 1. The van der Waals surface area contributed by atoms with Gasteiger partial charge in [-0.25, -0.2) is 0 Å². The van der Waals surface area contributed by atoms with Gasteiger partial charge >= 0.3 is 0 Å². The summed E-state index contributed by atoms with van der Waals surface area (Å²) in [7, 11) is 4.16. The van der Waals surface area contributed by atoms with Gasteiger partial charge in [-0.15, -0.1) is 0 Å². The van der Waals surface area contributed by atoms with E-state index >= 15 is 0 Å². The third-order valence-electron chi connectivity index (χ3n) is 4.14. The quantitative estimate of drug-likeness (QED) is 0.856. The highest BCUT2D eigenvalue weighted by Gasteiger charge is 2.27. The van der Waals surface area contributed by atoms with Gasteiger partial charge in [-0.05, 0) is 36.0 Å². The lowest BCUT2D eigenvalue weighted by Crippen LogP contribution is -2.29. The number of rotatable bonds is 5. The van der Waals surface area contributed by atoms with Crippen LogP contribution < -0.4 is 10.2 Å². The molecule has 18 heavy (non-hydrogen) atoms. The Morgan fingerprint density at radius 2 is 1.72 bits per heavy atom. The maximum Gasteiger partial charge on any atom is 0.0361 e. The van der Waals surface area contributed by atoms with E-state index in [1.54, 1.807) is 0 Å². The molecule has 1 aliphatic rings. The predicted molar refractivity (Wildman–Crippen MR) is 79.1 cm³/mol. The monoisotopic (exact) mass is 246 g/mol. The highest BCUT2D eigenvalue weighted by Crippen LogP contribution is 2.36. The van der Waals surface area contributed by atoms with E-state index in [4.69, 9.17) is 0 Å². The molecule has 100 valence electrons. The van der Waals surface area contributed by atoms with Gasteiger partial charge in [0.1, 0.15) is 0 Å². The van der Waals surface area contributed by atoms with Crippen LogP contribution in [0.15, 0.2) is 24.3 Å². The molecule has 1 aromatic rings. The van der Waals surface area contributed by atoms with Crippen molar-refractivity contribution in [1.82, 2.24) is 5.32 Å². The molecule has 0 radical (unpaired) electrons. The van der Waals surface area contributed by atoms with E-state index in [1.165, 1.54) is 36.9 Å². The Balaban J connectivity index is 1.79. The van der Waals surface area contributed by atoms with Crippen molar-refractivity contribution >= 4 is 5.69 Å². The lowest BCUT2D eigenvalue weighted by molar-refractivity contribution is 0.314. The first-order valence-corrected chi connectivity index (χ1v) is 7.06. The van der Waals surface area contributed by atoms with E-state index < -0.39 is 0 Å². The molecule has 0 amide bonds. The molecule has 0 bridgehead atoms. The van der Waals surface area contributed by atoms with E-state index in [1.807, 2.05) is 0 Å². The van der Waals surface area contributed by atoms with Crippen molar-refractivity contribution in [2.24, 2.45) is 5.41 Å². The van der Waals surface area contributed by atoms with Gasteiger partial charge in [0.25, 0.3) is 0 Å². The average Bonchev–Trinajstić information content (AvgIpc) is 2.77. The standard InChI is InChI=1S/C16H26N2/c1-16(10-4-5-11-16)13-17-12-14-6-8-15(9-7-14)18(2)3/h6-9,17H,4-5,10-13H2,1-3H3. The molecule has 1 aromatic carbocycles. The summed E-state index contributed by atoms with van der Waals surface area (Å²) in [6.45, 7) is 4.56.